The molecule has 0 aliphatic rings. The van der Waals surface area contributed by atoms with Crippen molar-refractivity contribution in [3.8, 4) is 5.75 Å². The number of benzene rings is 2. The molecule has 1 aromatic heterocycles. The van der Waals surface area contributed by atoms with Crippen molar-refractivity contribution in [3.63, 3.8) is 0 Å². The molecular weight excluding hydrogens is 288 g/mol. The lowest BCUT2D eigenvalue weighted by Gasteiger charge is -2.11. The van der Waals surface area contributed by atoms with Crippen molar-refractivity contribution in [2.75, 3.05) is 6.61 Å². The maximum absolute atomic E-state index is 9.50. The zero-order valence-corrected chi connectivity index (χ0v) is 13.6. The third-order valence-electron chi connectivity index (χ3n) is 3.99. The largest absolute Gasteiger partial charge is 0.493 e. The molecule has 0 aliphatic heterocycles. The van der Waals surface area contributed by atoms with Crippen LogP contribution in [0.5, 0.6) is 5.75 Å². The second-order valence-corrected chi connectivity index (χ2v) is 5.80. The molecule has 4 nitrogen and oxygen atoms in total. The monoisotopic (exact) mass is 310 g/mol. The SMILES string of the molecule is Cc1ccc(OCCCn2c(CO)nc3ccccc32)c(C)c1. The van der Waals surface area contributed by atoms with Crippen LogP contribution in [0, 0.1) is 13.8 Å². The lowest BCUT2D eigenvalue weighted by Crippen LogP contribution is -2.08. The number of aryl methyl sites for hydroxylation is 3. The smallest absolute Gasteiger partial charge is 0.135 e. The number of nitrogens with zero attached hydrogens (tertiary/aromatic N) is 2. The van der Waals surface area contributed by atoms with Gasteiger partial charge in [-0.25, -0.2) is 4.98 Å². The van der Waals surface area contributed by atoms with E-state index in [4.69, 9.17) is 4.74 Å². The van der Waals surface area contributed by atoms with Gasteiger partial charge >= 0.3 is 0 Å². The van der Waals surface area contributed by atoms with Crippen molar-refractivity contribution in [2.24, 2.45) is 0 Å². The maximum atomic E-state index is 9.50. The number of ether oxygens (including phenoxy) is 1. The van der Waals surface area contributed by atoms with Crippen LogP contribution in [0.3, 0.4) is 0 Å². The van der Waals surface area contributed by atoms with Gasteiger partial charge in [0.05, 0.1) is 17.6 Å². The molecule has 120 valence electrons. The molecule has 0 bridgehead atoms. The minimum atomic E-state index is -0.0490. The summed E-state index contributed by atoms with van der Waals surface area (Å²) in [6.07, 6.45) is 0.862. The van der Waals surface area contributed by atoms with Crippen LogP contribution in [-0.4, -0.2) is 21.3 Å². The van der Waals surface area contributed by atoms with E-state index in [1.807, 2.05) is 30.3 Å². The highest BCUT2D eigenvalue weighted by Gasteiger charge is 2.09. The molecule has 1 N–H and O–H groups in total. The highest BCUT2D eigenvalue weighted by molar-refractivity contribution is 5.75. The Morgan fingerprint density at radius 3 is 2.74 bits per heavy atom. The van der Waals surface area contributed by atoms with E-state index < -0.39 is 0 Å². The zero-order valence-electron chi connectivity index (χ0n) is 13.6. The van der Waals surface area contributed by atoms with Crippen LogP contribution in [0.2, 0.25) is 0 Å². The minimum absolute atomic E-state index is 0.0490. The fraction of sp³-hybridized carbons (Fsp3) is 0.316. The fourth-order valence-electron chi connectivity index (χ4n) is 2.86. The van der Waals surface area contributed by atoms with Gasteiger partial charge in [-0.15, -0.1) is 0 Å². The third-order valence-corrected chi connectivity index (χ3v) is 3.99. The number of hydrogen-bond donors (Lipinski definition) is 1. The molecule has 0 atom stereocenters. The Morgan fingerprint density at radius 2 is 1.96 bits per heavy atom. The van der Waals surface area contributed by atoms with Crippen molar-refractivity contribution in [3.05, 3.63) is 59.4 Å². The number of fused-ring (bicyclic) bond motifs is 1. The molecular formula is C19H22N2O2. The van der Waals surface area contributed by atoms with Crippen molar-refractivity contribution in [1.29, 1.82) is 0 Å². The first-order valence-electron chi connectivity index (χ1n) is 7.94. The van der Waals surface area contributed by atoms with Gasteiger partial charge in [0.15, 0.2) is 0 Å². The summed E-state index contributed by atoms with van der Waals surface area (Å²) >= 11 is 0. The van der Waals surface area contributed by atoms with Gasteiger partial charge in [0.1, 0.15) is 18.2 Å². The first kappa shape index (κ1) is 15.6. The van der Waals surface area contributed by atoms with E-state index in [-0.39, 0.29) is 6.61 Å². The number of imidazole rings is 1. The second kappa shape index (κ2) is 6.84. The number of aliphatic hydroxyl groups is 1. The normalized spacial score (nSPS) is 11.1. The average molecular weight is 310 g/mol. The average Bonchev–Trinajstić information content (AvgIpc) is 2.91. The number of aromatic nitrogens is 2. The Morgan fingerprint density at radius 1 is 1.13 bits per heavy atom. The molecule has 0 amide bonds. The maximum Gasteiger partial charge on any atom is 0.135 e. The number of rotatable bonds is 6. The summed E-state index contributed by atoms with van der Waals surface area (Å²) in [5.41, 5.74) is 4.39. The zero-order chi connectivity index (χ0) is 16.2. The molecule has 0 aliphatic carbocycles. The number of para-hydroxylation sites is 2. The van der Waals surface area contributed by atoms with Gasteiger partial charge < -0.3 is 14.4 Å². The number of aliphatic hydroxyl groups excluding tert-OH is 1. The van der Waals surface area contributed by atoms with Gasteiger partial charge in [-0.3, -0.25) is 0 Å². The van der Waals surface area contributed by atoms with Gasteiger partial charge in [0, 0.05) is 6.54 Å². The van der Waals surface area contributed by atoms with Gasteiger partial charge in [0.25, 0.3) is 0 Å². The molecule has 0 radical (unpaired) electrons. The Hall–Kier alpha value is -2.33. The molecule has 23 heavy (non-hydrogen) atoms. The summed E-state index contributed by atoms with van der Waals surface area (Å²) in [5, 5.41) is 9.50. The predicted molar refractivity (Wildman–Crippen MR) is 91.7 cm³/mol. The van der Waals surface area contributed by atoms with Crippen LogP contribution >= 0.6 is 0 Å². The van der Waals surface area contributed by atoms with Crippen LogP contribution in [0.1, 0.15) is 23.4 Å². The first-order valence-corrected chi connectivity index (χ1v) is 7.94. The van der Waals surface area contributed by atoms with Crippen LogP contribution in [0.4, 0.5) is 0 Å². The highest BCUT2D eigenvalue weighted by atomic mass is 16.5. The van der Waals surface area contributed by atoms with E-state index in [2.05, 4.69) is 35.5 Å². The molecule has 0 saturated carbocycles. The predicted octanol–water partition coefficient (Wildman–Crippen LogP) is 3.61. The van der Waals surface area contributed by atoms with Crippen LogP contribution in [0.25, 0.3) is 11.0 Å². The Labute approximate surface area is 136 Å². The van der Waals surface area contributed by atoms with Crippen molar-refractivity contribution >= 4 is 11.0 Å². The lowest BCUT2D eigenvalue weighted by atomic mass is 10.1. The van der Waals surface area contributed by atoms with E-state index in [1.165, 1.54) is 5.56 Å². The van der Waals surface area contributed by atoms with E-state index in [0.717, 1.165) is 35.3 Å². The van der Waals surface area contributed by atoms with E-state index in [0.29, 0.717) is 12.4 Å². The fourth-order valence-corrected chi connectivity index (χ4v) is 2.86. The molecule has 0 unspecified atom stereocenters. The van der Waals surface area contributed by atoms with E-state index in [9.17, 15) is 5.11 Å². The van der Waals surface area contributed by atoms with Gasteiger partial charge in [0.2, 0.25) is 0 Å². The molecule has 1 heterocycles. The van der Waals surface area contributed by atoms with Crippen LogP contribution < -0.4 is 4.74 Å². The van der Waals surface area contributed by atoms with Gasteiger partial charge in [-0.1, -0.05) is 29.8 Å². The quantitative estimate of drug-likeness (QED) is 0.707. The number of hydrogen-bond acceptors (Lipinski definition) is 3. The molecule has 0 saturated heterocycles. The molecule has 2 aromatic carbocycles. The van der Waals surface area contributed by atoms with E-state index >= 15 is 0 Å². The summed E-state index contributed by atoms with van der Waals surface area (Å²) in [7, 11) is 0. The van der Waals surface area contributed by atoms with Gasteiger partial charge in [-0.2, -0.15) is 0 Å². The van der Waals surface area contributed by atoms with Crippen molar-refractivity contribution in [2.45, 2.75) is 33.4 Å². The lowest BCUT2D eigenvalue weighted by molar-refractivity contribution is 0.261. The third kappa shape index (κ3) is 3.37. The summed E-state index contributed by atoms with van der Waals surface area (Å²) in [6.45, 7) is 5.52. The molecule has 3 aromatic rings. The minimum Gasteiger partial charge on any atom is -0.493 e. The van der Waals surface area contributed by atoms with Gasteiger partial charge in [-0.05, 0) is 44.0 Å². The van der Waals surface area contributed by atoms with Crippen molar-refractivity contribution < 1.29 is 9.84 Å². The summed E-state index contributed by atoms with van der Waals surface area (Å²) in [6, 6.07) is 14.2. The summed E-state index contributed by atoms with van der Waals surface area (Å²) in [5.74, 6) is 1.64. The summed E-state index contributed by atoms with van der Waals surface area (Å²) in [4.78, 5) is 4.46. The second-order valence-electron chi connectivity index (χ2n) is 5.80. The van der Waals surface area contributed by atoms with Crippen LogP contribution in [0.15, 0.2) is 42.5 Å². The summed E-state index contributed by atoms with van der Waals surface area (Å²) < 4.78 is 7.95. The molecule has 0 spiro atoms. The molecule has 3 rings (SSSR count). The van der Waals surface area contributed by atoms with Crippen molar-refractivity contribution in [1.82, 2.24) is 9.55 Å². The van der Waals surface area contributed by atoms with Crippen LogP contribution in [-0.2, 0) is 13.2 Å². The standard InChI is InChI=1S/C19H22N2O2/c1-14-8-9-18(15(2)12-14)23-11-5-10-21-17-7-4-3-6-16(17)20-19(21)13-22/h3-4,6-9,12,22H,5,10-11,13H2,1-2H3. The topological polar surface area (TPSA) is 47.3 Å². The molecule has 4 heteroatoms. The Balaban J connectivity index is 1.65. The first-order chi connectivity index (χ1) is 11.2. The van der Waals surface area contributed by atoms with E-state index in [1.54, 1.807) is 0 Å². The highest BCUT2D eigenvalue weighted by Crippen LogP contribution is 2.20. The molecule has 0 fully saturated rings. The Bertz CT molecular complexity index is 808. The Kier molecular flexibility index (Phi) is 4.63.